The molecular formula is C22H25Cl2N3. The van der Waals surface area contributed by atoms with Gasteiger partial charge in [-0.15, -0.1) is 0 Å². The van der Waals surface area contributed by atoms with Crippen LogP contribution in [-0.4, -0.2) is 22.4 Å². The van der Waals surface area contributed by atoms with Crippen molar-refractivity contribution in [1.29, 1.82) is 0 Å². The molecule has 27 heavy (non-hydrogen) atoms. The molecular weight excluding hydrogens is 377 g/mol. The van der Waals surface area contributed by atoms with Crippen LogP contribution in [0.25, 0.3) is 22.0 Å². The normalized spacial score (nSPS) is 15.4. The van der Waals surface area contributed by atoms with E-state index in [0.717, 1.165) is 41.9 Å². The molecule has 0 spiro atoms. The van der Waals surface area contributed by atoms with Crippen LogP contribution in [0.1, 0.15) is 31.9 Å². The number of halogens is 2. The third-order valence-electron chi connectivity index (χ3n) is 5.53. The van der Waals surface area contributed by atoms with Gasteiger partial charge in [0, 0.05) is 51.8 Å². The number of hydrogen-bond donors (Lipinski definition) is 1. The zero-order valence-electron chi connectivity index (χ0n) is 15.8. The Morgan fingerprint density at radius 3 is 2.70 bits per heavy atom. The predicted molar refractivity (Wildman–Crippen MR) is 115 cm³/mol. The molecule has 1 fully saturated rings. The quantitative estimate of drug-likeness (QED) is 0.536. The Bertz CT molecular complexity index is 960. The minimum atomic E-state index is 0.479. The van der Waals surface area contributed by atoms with E-state index in [0.29, 0.717) is 16.1 Å². The van der Waals surface area contributed by atoms with E-state index >= 15 is 0 Å². The van der Waals surface area contributed by atoms with Crippen LogP contribution < -0.4 is 5.32 Å². The number of rotatable bonds is 7. The van der Waals surface area contributed by atoms with Gasteiger partial charge in [0.2, 0.25) is 0 Å². The Morgan fingerprint density at radius 1 is 1.19 bits per heavy atom. The van der Waals surface area contributed by atoms with E-state index in [2.05, 4.69) is 30.4 Å². The third kappa shape index (κ3) is 4.01. The molecule has 2 aromatic carbocycles. The van der Waals surface area contributed by atoms with Crippen molar-refractivity contribution in [3.63, 3.8) is 0 Å². The second kappa shape index (κ2) is 7.83. The van der Waals surface area contributed by atoms with Crippen LogP contribution in [0.5, 0.6) is 0 Å². The maximum absolute atomic E-state index is 6.47. The zero-order valence-corrected chi connectivity index (χ0v) is 17.3. The van der Waals surface area contributed by atoms with Gasteiger partial charge in [0.05, 0.1) is 0 Å². The van der Waals surface area contributed by atoms with Crippen LogP contribution in [0.3, 0.4) is 0 Å². The fourth-order valence-corrected chi connectivity index (χ4v) is 4.20. The van der Waals surface area contributed by atoms with Crippen molar-refractivity contribution >= 4 is 34.1 Å². The van der Waals surface area contributed by atoms with Crippen molar-refractivity contribution in [3.8, 4) is 11.1 Å². The van der Waals surface area contributed by atoms with E-state index in [1.807, 2.05) is 23.9 Å². The van der Waals surface area contributed by atoms with Crippen molar-refractivity contribution in [2.75, 3.05) is 6.54 Å². The molecule has 3 aromatic rings. The molecule has 1 aliphatic carbocycles. The van der Waals surface area contributed by atoms with Crippen LogP contribution in [0.2, 0.25) is 10.0 Å². The minimum absolute atomic E-state index is 0.479. The highest BCUT2D eigenvalue weighted by Crippen LogP contribution is 2.35. The number of fused-ring (bicyclic) bond motifs is 1. The highest BCUT2D eigenvalue weighted by atomic mass is 35.5. The Balaban J connectivity index is 1.69. The summed E-state index contributed by atoms with van der Waals surface area (Å²) in [5.41, 5.74) is 4.29. The molecule has 0 amide bonds. The Labute approximate surface area is 170 Å². The number of hydrogen-bond acceptors (Lipinski definition) is 2. The molecule has 1 atom stereocenters. The number of aromatic nitrogens is 2. The van der Waals surface area contributed by atoms with Crippen molar-refractivity contribution < 1.29 is 0 Å². The summed E-state index contributed by atoms with van der Waals surface area (Å²) >= 11 is 12.5. The zero-order chi connectivity index (χ0) is 19.0. The van der Waals surface area contributed by atoms with Gasteiger partial charge in [-0.2, -0.15) is 5.10 Å². The van der Waals surface area contributed by atoms with Gasteiger partial charge in [-0.3, -0.25) is 4.68 Å². The summed E-state index contributed by atoms with van der Waals surface area (Å²) < 4.78 is 2.03. The highest BCUT2D eigenvalue weighted by molar-refractivity contribution is 6.36. The van der Waals surface area contributed by atoms with E-state index in [1.165, 1.54) is 23.9 Å². The maximum Gasteiger partial charge on any atom is 0.100 e. The SMILES string of the molecule is CCC(Cc1c2cccc(-c3ccc(Cl)cc3Cl)c2nn1C)NCC1CC1. The van der Waals surface area contributed by atoms with Crippen LogP contribution in [-0.2, 0) is 13.5 Å². The first kappa shape index (κ1) is 18.8. The van der Waals surface area contributed by atoms with E-state index in [4.69, 9.17) is 28.3 Å². The predicted octanol–water partition coefficient (Wildman–Crippen LogP) is 5.87. The van der Waals surface area contributed by atoms with Crippen molar-refractivity contribution in [1.82, 2.24) is 15.1 Å². The molecule has 1 aliphatic rings. The molecule has 0 bridgehead atoms. The first-order valence-corrected chi connectivity index (χ1v) is 10.5. The molecule has 5 heteroatoms. The third-order valence-corrected chi connectivity index (χ3v) is 6.08. The van der Waals surface area contributed by atoms with Gasteiger partial charge >= 0.3 is 0 Å². The number of nitrogens with one attached hydrogen (secondary N) is 1. The smallest absolute Gasteiger partial charge is 0.100 e. The first-order chi connectivity index (χ1) is 13.1. The molecule has 1 unspecified atom stereocenters. The Morgan fingerprint density at radius 2 is 2.00 bits per heavy atom. The molecule has 1 saturated carbocycles. The lowest BCUT2D eigenvalue weighted by atomic mass is 10.00. The van der Waals surface area contributed by atoms with Gasteiger partial charge in [-0.05, 0) is 43.9 Å². The van der Waals surface area contributed by atoms with Crippen LogP contribution in [0.15, 0.2) is 36.4 Å². The lowest BCUT2D eigenvalue weighted by Gasteiger charge is -2.17. The summed E-state index contributed by atoms with van der Waals surface area (Å²) in [5.74, 6) is 0.890. The van der Waals surface area contributed by atoms with Crippen LogP contribution in [0, 0.1) is 5.92 Å². The largest absolute Gasteiger partial charge is 0.313 e. The van der Waals surface area contributed by atoms with E-state index in [9.17, 15) is 0 Å². The van der Waals surface area contributed by atoms with Crippen molar-refractivity contribution in [3.05, 3.63) is 52.1 Å². The molecule has 142 valence electrons. The first-order valence-electron chi connectivity index (χ1n) is 9.70. The monoisotopic (exact) mass is 401 g/mol. The molecule has 1 aromatic heterocycles. The Kier molecular flexibility index (Phi) is 5.45. The molecule has 1 heterocycles. The van der Waals surface area contributed by atoms with Crippen LogP contribution >= 0.6 is 23.2 Å². The van der Waals surface area contributed by atoms with Crippen LogP contribution in [0.4, 0.5) is 0 Å². The second-order valence-corrected chi connectivity index (χ2v) is 8.40. The summed E-state index contributed by atoms with van der Waals surface area (Å²) in [4.78, 5) is 0. The van der Waals surface area contributed by atoms with E-state index in [1.54, 1.807) is 6.07 Å². The lowest BCUT2D eigenvalue weighted by Crippen LogP contribution is -2.32. The standard InChI is InChI=1S/C22H25Cl2N3/c1-3-16(25-13-14-7-8-14)12-21-19-6-4-5-18(22(19)26-27(21)2)17-10-9-15(23)11-20(17)24/h4-6,9-11,14,16,25H,3,7-8,12-13H2,1-2H3. The number of aryl methyl sites for hydroxylation is 1. The Hall–Kier alpha value is -1.55. The lowest BCUT2D eigenvalue weighted by molar-refractivity contribution is 0.471. The fourth-order valence-electron chi connectivity index (χ4n) is 3.69. The van der Waals surface area contributed by atoms with E-state index in [-0.39, 0.29) is 0 Å². The van der Waals surface area contributed by atoms with Gasteiger partial charge in [0.25, 0.3) is 0 Å². The van der Waals surface area contributed by atoms with Gasteiger partial charge in [-0.25, -0.2) is 0 Å². The van der Waals surface area contributed by atoms with Gasteiger partial charge in [0.1, 0.15) is 5.52 Å². The molecule has 0 radical (unpaired) electrons. The summed E-state index contributed by atoms with van der Waals surface area (Å²) in [5, 5.41) is 11.1. The van der Waals surface area contributed by atoms with Gasteiger partial charge < -0.3 is 5.32 Å². The topological polar surface area (TPSA) is 29.9 Å². The average molecular weight is 402 g/mol. The molecule has 1 N–H and O–H groups in total. The molecule has 0 aliphatic heterocycles. The minimum Gasteiger partial charge on any atom is -0.313 e. The van der Waals surface area contributed by atoms with Gasteiger partial charge in [-0.1, -0.05) is 54.4 Å². The number of benzene rings is 2. The maximum atomic E-state index is 6.47. The summed E-state index contributed by atoms with van der Waals surface area (Å²) in [7, 11) is 2.04. The number of nitrogens with zero attached hydrogens (tertiary/aromatic N) is 2. The molecule has 0 saturated heterocycles. The summed E-state index contributed by atoms with van der Waals surface area (Å²) in [6.45, 7) is 3.39. The fraction of sp³-hybridized carbons (Fsp3) is 0.409. The highest BCUT2D eigenvalue weighted by Gasteiger charge is 2.23. The second-order valence-electron chi connectivity index (χ2n) is 7.56. The molecule has 4 rings (SSSR count). The van der Waals surface area contributed by atoms with Crippen molar-refractivity contribution in [2.24, 2.45) is 13.0 Å². The van der Waals surface area contributed by atoms with E-state index < -0.39 is 0 Å². The van der Waals surface area contributed by atoms with Gasteiger partial charge in [0.15, 0.2) is 0 Å². The molecule has 3 nitrogen and oxygen atoms in total. The summed E-state index contributed by atoms with van der Waals surface area (Å²) in [6.07, 6.45) is 4.85. The average Bonchev–Trinajstić information content (AvgIpc) is 3.42. The summed E-state index contributed by atoms with van der Waals surface area (Å²) in [6, 6.07) is 12.4. The van der Waals surface area contributed by atoms with Crippen molar-refractivity contribution in [2.45, 2.75) is 38.6 Å².